The van der Waals surface area contributed by atoms with Crippen LogP contribution in [-0.2, 0) is 5.54 Å². The average molecular weight is 245 g/mol. The highest BCUT2D eigenvalue weighted by Crippen LogP contribution is 2.39. The molecule has 18 heavy (non-hydrogen) atoms. The van der Waals surface area contributed by atoms with E-state index in [0.29, 0.717) is 0 Å². The van der Waals surface area contributed by atoms with E-state index in [1.54, 1.807) is 0 Å². The summed E-state index contributed by atoms with van der Waals surface area (Å²) in [6, 6.07) is 10.6. The Bertz CT molecular complexity index is 407. The second-order valence-corrected chi connectivity index (χ2v) is 5.83. The van der Waals surface area contributed by atoms with Crippen LogP contribution in [0.3, 0.4) is 0 Å². The van der Waals surface area contributed by atoms with Crippen molar-refractivity contribution in [3.05, 3.63) is 48.6 Å². The molecular formula is C16H23NO. The number of nitrogens with one attached hydrogen (secondary N) is 1. The summed E-state index contributed by atoms with van der Waals surface area (Å²) < 4.78 is 0. The molecule has 2 rings (SSSR count). The minimum atomic E-state index is -0.683. The lowest BCUT2D eigenvalue weighted by atomic mass is 9.85. The Labute approximate surface area is 110 Å². The molecule has 2 heteroatoms. The van der Waals surface area contributed by atoms with Crippen LogP contribution in [-0.4, -0.2) is 16.7 Å². The van der Waals surface area contributed by atoms with Gasteiger partial charge in [-0.15, -0.1) is 6.58 Å². The quantitative estimate of drug-likeness (QED) is 0.799. The zero-order valence-corrected chi connectivity index (χ0v) is 11.3. The summed E-state index contributed by atoms with van der Waals surface area (Å²) >= 11 is 0. The van der Waals surface area contributed by atoms with Crippen LogP contribution in [0.5, 0.6) is 0 Å². The Morgan fingerprint density at radius 3 is 2.61 bits per heavy atom. The maximum Gasteiger partial charge on any atom is 0.0744 e. The lowest BCUT2D eigenvalue weighted by Crippen LogP contribution is -2.49. The molecule has 0 unspecified atom stereocenters. The first-order chi connectivity index (χ1) is 8.48. The molecule has 0 aliphatic carbocycles. The third-order valence-corrected chi connectivity index (χ3v) is 3.98. The first-order valence-corrected chi connectivity index (χ1v) is 6.64. The van der Waals surface area contributed by atoms with E-state index < -0.39 is 5.60 Å². The molecule has 0 radical (unpaired) electrons. The van der Waals surface area contributed by atoms with Gasteiger partial charge in [-0.25, -0.2) is 0 Å². The molecule has 0 saturated carbocycles. The summed E-state index contributed by atoms with van der Waals surface area (Å²) in [7, 11) is 0. The van der Waals surface area contributed by atoms with Gasteiger partial charge in [-0.1, -0.05) is 36.4 Å². The van der Waals surface area contributed by atoms with Crippen molar-refractivity contribution in [3.8, 4) is 0 Å². The second kappa shape index (κ2) is 4.87. The molecule has 1 aliphatic heterocycles. The van der Waals surface area contributed by atoms with Crippen LogP contribution in [0.2, 0.25) is 0 Å². The molecule has 2 atom stereocenters. The SMILES string of the molecule is C=CC[C@@]1(c2ccccc2)CC[C@H](C(C)(C)O)N1. The maximum atomic E-state index is 10.2. The highest BCUT2D eigenvalue weighted by Gasteiger charge is 2.43. The Morgan fingerprint density at radius 1 is 1.44 bits per heavy atom. The summed E-state index contributed by atoms with van der Waals surface area (Å²) in [5.74, 6) is 0. The predicted octanol–water partition coefficient (Wildman–Crippen LogP) is 2.98. The summed E-state index contributed by atoms with van der Waals surface area (Å²) in [5.41, 5.74) is 0.544. The Morgan fingerprint density at radius 2 is 2.11 bits per heavy atom. The fraction of sp³-hybridized carbons (Fsp3) is 0.500. The summed E-state index contributed by atoms with van der Waals surface area (Å²) in [5, 5.41) is 13.8. The fourth-order valence-electron chi connectivity index (χ4n) is 2.91. The molecule has 2 nitrogen and oxygen atoms in total. The smallest absolute Gasteiger partial charge is 0.0744 e. The van der Waals surface area contributed by atoms with Crippen molar-refractivity contribution >= 4 is 0 Å². The van der Waals surface area contributed by atoms with E-state index >= 15 is 0 Å². The Kier molecular flexibility index (Phi) is 3.60. The van der Waals surface area contributed by atoms with Gasteiger partial charge in [0.25, 0.3) is 0 Å². The van der Waals surface area contributed by atoms with Gasteiger partial charge in [-0.3, -0.25) is 0 Å². The summed E-state index contributed by atoms with van der Waals surface area (Å²) in [6.45, 7) is 7.63. The predicted molar refractivity (Wildman–Crippen MR) is 75.4 cm³/mol. The van der Waals surface area contributed by atoms with Gasteiger partial charge in [0.1, 0.15) is 0 Å². The van der Waals surface area contributed by atoms with Gasteiger partial charge in [0.2, 0.25) is 0 Å². The van der Waals surface area contributed by atoms with Crippen LogP contribution in [0.1, 0.15) is 38.7 Å². The minimum Gasteiger partial charge on any atom is -0.389 e. The van der Waals surface area contributed by atoms with Crippen LogP contribution in [0.25, 0.3) is 0 Å². The lowest BCUT2D eigenvalue weighted by Gasteiger charge is -2.33. The molecule has 98 valence electrons. The van der Waals surface area contributed by atoms with Crippen molar-refractivity contribution in [1.29, 1.82) is 0 Å². The van der Waals surface area contributed by atoms with Gasteiger partial charge in [0.15, 0.2) is 0 Å². The van der Waals surface area contributed by atoms with Crippen molar-refractivity contribution < 1.29 is 5.11 Å². The highest BCUT2D eigenvalue weighted by atomic mass is 16.3. The number of aliphatic hydroxyl groups is 1. The minimum absolute atomic E-state index is 0.0618. The van der Waals surface area contributed by atoms with Crippen molar-refractivity contribution in [3.63, 3.8) is 0 Å². The zero-order valence-electron chi connectivity index (χ0n) is 11.3. The normalized spacial score (nSPS) is 28.3. The number of hydrogen-bond donors (Lipinski definition) is 2. The van der Waals surface area contributed by atoms with E-state index in [9.17, 15) is 5.11 Å². The standard InChI is InChI=1S/C16H23NO/c1-4-11-16(13-8-6-5-7-9-13)12-10-14(17-16)15(2,3)18/h4-9,14,17-18H,1,10-12H2,2-3H3/t14-,16+/m1/s1. The van der Waals surface area contributed by atoms with Gasteiger partial charge >= 0.3 is 0 Å². The van der Waals surface area contributed by atoms with E-state index in [0.717, 1.165) is 19.3 Å². The van der Waals surface area contributed by atoms with Crippen molar-refractivity contribution in [2.24, 2.45) is 0 Å². The maximum absolute atomic E-state index is 10.2. The van der Waals surface area contributed by atoms with Crippen LogP contribution in [0.15, 0.2) is 43.0 Å². The first-order valence-electron chi connectivity index (χ1n) is 6.64. The average Bonchev–Trinajstić information content (AvgIpc) is 2.76. The van der Waals surface area contributed by atoms with Gasteiger partial charge in [-0.2, -0.15) is 0 Å². The largest absolute Gasteiger partial charge is 0.389 e. The third kappa shape index (κ3) is 2.50. The molecule has 0 bridgehead atoms. The molecule has 1 aliphatic rings. The van der Waals surface area contributed by atoms with Gasteiger partial charge in [0.05, 0.1) is 5.60 Å². The molecule has 1 heterocycles. The van der Waals surface area contributed by atoms with Crippen molar-refractivity contribution in [2.45, 2.75) is 50.3 Å². The van der Waals surface area contributed by atoms with E-state index in [1.165, 1.54) is 5.56 Å². The number of hydrogen-bond acceptors (Lipinski definition) is 2. The van der Waals surface area contributed by atoms with Crippen LogP contribution < -0.4 is 5.32 Å². The van der Waals surface area contributed by atoms with E-state index in [4.69, 9.17) is 0 Å². The van der Waals surface area contributed by atoms with E-state index in [-0.39, 0.29) is 11.6 Å². The zero-order chi connectivity index (χ0) is 13.2. The molecule has 0 spiro atoms. The van der Waals surface area contributed by atoms with Crippen molar-refractivity contribution in [2.75, 3.05) is 0 Å². The van der Waals surface area contributed by atoms with Crippen LogP contribution >= 0.6 is 0 Å². The van der Waals surface area contributed by atoms with E-state index in [2.05, 4.69) is 36.2 Å². The summed E-state index contributed by atoms with van der Waals surface area (Å²) in [4.78, 5) is 0. The molecule has 1 aromatic rings. The monoisotopic (exact) mass is 245 g/mol. The molecule has 0 amide bonds. The fourth-order valence-corrected chi connectivity index (χ4v) is 2.91. The molecular weight excluding hydrogens is 222 g/mol. The van der Waals surface area contributed by atoms with Gasteiger partial charge in [-0.05, 0) is 38.7 Å². The Hall–Kier alpha value is -1.12. The number of rotatable bonds is 4. The second-order valence-electron chi connectivity index (χ2n) is 5.83. The van der Waals surface area contributed by atoms with E-state index in [1.807, 2.05) is 26.0 Å². The molecule has 1 saturated heterocycles. The molecule has 1 aromatic carbocycles. The first kappa shape index (κ1) is 13.3. The Balaban J connectivity index is 2.28. The highest BCUT2D eigenvalue weighted by molar-refractivity contribution is 5.27. The molecule has 0 aromatic heterocycles. The molecule has 2 N–H and O–H groups in total. The number of benzene rings is 1. The van der Waals surface area contributed by atoms with Crippen LogP contribution in [0.4, 0.5) is 0 Å². The summed E-state index contributed by atoms with van der Waals surface area (Å²) in [6.07, 6.45) is 4.89. The topological polar surface area (TPSA) is 32.3 Å². The van der Waals surface area contributed by atoms with Crippen molar-refractivity contribution in [1.82, 2.24) is 5.32 Å². The van der Waals surface area contributed by atoms with Gasteiger partial charge < -0.3 is 10.4 Å². The van der Waals surface area contributed by atoms with Gasteiger partial charge in [0, 0.05) is 11.6 Å². The molecule has 1 fully saturated rings. The van der Waals surface area contributed by atoms with Crippen LogP contribution in [0, 0.1) is 0 Å². The lowest BCUT2D eigenvalue weighted by molar-refractivity contribution is 0.0396. The third-order valence-electron chi connectivity index (χ3n) is 3.98.